The van der Waals surface area contributed by atoms with Crippen molar-refractivity contribution in [1.82, 2.24) is 19.9 Å². The molecule has 6 aliphatic heterocycles. The summed E-state index contributed by atoms with van der Waals surface area (Å²) in [6.07, 6.45) is -1.01. The second kappa shape index (κ2) is 25.3. The molecule has 17 nitrogen and oxygen atoms in total. The predicted molar refractivity (Wildman–Crippen MR) is 289 cm³/mol. The number of nitrogen functional groups attached to an aromatic ring is 1. The Labute approximate surface area is 458 Å². The fraction of sp³-hybridized carbons (Fsp3) is 0.421. The van der Waals surface area contributed by atoms with Crippen LogP contribution in [-0.2, 0) is 31.3 Å². The van der Waals surface area contributed by atoms with Crippen molar-refractivity contribution in [3.8, 4) is 34.3 Å². The van der Waals surface area contributed by atoms with Gasteiger partial charge in [0.1, 0.15) is 24.8 Å². The lowest BCUT2D eigenvalue weighted by molar-refractivity contribution is -0.165. The Hall–Kier alpha value is -7.47. The number of halogens is 6. The fourth-order valence-electron chi connectivity index (χ4n) is 10.2. The van der Waals surface area contributed by atoms with E-state index in [9.17, 15) is 31.1 Å². The SMILES string of the molecule is FC(F)(F)c1cccc(-c2ccc3c(n2)N[C@H]2CCN3C2)c1.Nc1cccc(OCCOC2CCCCO2)n1.O=C(Nc1cccc(OCCOC2CCCCO2)n1)N1c2nc(-c3cccc(C(F)(F)F)c3)ccc2N2CC[C@H]1C2. The third kappa shape index (κ3) is 14.3. The number of pyridine rings is 4. The Morgan fingerprint density at radius 3 is 1.81 bits per heavy atom. The van der Waals surface area contributed by atoms with Gasteiger partial charge in [0.2, 0.25) is 11.8 Å². The third-order valence-electron chi connectivity index (χ3n) is 14.1. The van der Waals surface area contributed by atoms with E-state index in [1.54, 1.807) is 59.5 Å². The molecule has 4 bridgehead atoms. The molecule has 2 aromatic carbocycles. The lowest BCUT2D eigenvalue weighted by Gasteiger charge is -2.35. The molecule has 0 saturated carbocycles. The minimum atomic E-state index is -4.47. The van der Waals surface area contributed by atoms with Crippen molar-refractivity contribution in [2.45, 2.75) is 88.4 Å². The number of hydrogen-bond donors (Lipinski definition) is 3. The smallest absolute Gasteiger partial charge is 0.416 e. The van der Waals surface area contributed by atoms with E-state index in [1.165, 1.54) is 18.6 Å². The highest BCUT2D eigenvalue weighted by Crippen LogP contribution is 2.42. The van der Waals surface area contributed by atoms with Crippen molar-refractivity contribution in [1.29, 1.82) is 0 Å². The molecule has 4 aromatic heterocycles. The van der Waals surface area contributed by atoms with Crippen LogP contribution in [0.3, 0.4) is 0 Å². The van der Waals surface area contributed by atoms with Crippen LogP contribution in [0, 0.1) is 0 Å². The largest absolute Gasteiger partial charge is 0.475 e. The van der Waals surface area contributed by atoms with Crippen molar-refractivity contribution >= 4 is 40.7 Å². The highest BCUT2D eigenvalue weighted by atomic mass is 19.4. The highest BCUT2D eigenvalue weighted by Gasteiger charge is 2.41. The fourth-order valence-corrected chi connectivity index (χ4v) is 10.2. The number of benzene rings is 2. The van der Waals surface area contributed by atoms with Gasteiger partial charge in [-0.05, 0) is 112 Å². The first kappa shape index (κ1) is 55.8. The van der Waals surface area contributed by atoms with Gasteiger partial charge in [-0.3, -0.25) is 10.2 Å². The molecule has 4 N–H and O–H groups in total. The van der Waals surface area contributed by atoms with Gasteiger partial charge in [-0.15, -0.1) is 0 Å². The van der Waals surface area contributed by atoms with Gasteiger partial charge >= 0.3 is 18.4 Å². The van der Waals surface area contributed by atoms with Crippen LogP contribution in [0.4, 0.5) is 65.8 Å². The number of aromatic nitrogens is 4. The van der Waals surface area contributed by atoms with Crippen LogP contribution in [-0.4, -0.2) is 116 Å². The molecule has 6 aliphatic rings. The normalized spacial score (nSPS) is 20.0. The summed E-state index contributed by atoms with van der Waals surface area (Å²) in [6, 6.07) is 27.8. The van der Waals surface area contributed by atoms with E-state index in [2.05, 4.69) is 40.4 Å². The zero-order chi connectivity index (χ0) is 55.6. The Bertz CT molecular complexity index is 3050. The summed E-state index contributed by atoms with van der Waals surface area (Å²) >= 11 is 0. The minimum absolute atomic E-state index is 0.0684. The first-order valence-corrected chi connectivity index (χ1v) is 26.9. The summed E-state index contributed by atoms with van der Waals surface area (Å²) < 4.78 is 112. The summed E-state index contributed by atoms with van der Waals surface area (Å²) in [5, 5.41) is 6.21. The van der Waals surface area contributed by atoms with Crippen LogP contribution in [0.15, 0.2) is 109 Å². The second-order valence-corrected chi connectivity index (χ2v) is 19.8. The first-order chi connectivity index (χ1) is 38.7. The van der Waals surface area contributed by atoms with E-state index < -0.39 is 29.5 Å². The number of anilines is 6. The number of nitrogens with two attached hydrogens (primary N) is 1. The number of ether oxygens (including phenoxy) is 6. The van der Waals surface area contributed by atoms with Gasteiger partial charge in [-0.2, -0.15) is 36.3 Å². The zero-order valence-electron chi connectivity index (χ0n) is 43.8. The summed E-state index contributed by atoms with van der Waals surface area (Å²) in [4.78, 5) is 37.2. The Kier molecular flexibility index (Phi) is 17.7. The molecule has 2 amide bonds. The van der Waals surface area contributed by atoms with E-state index in [0.29, 0.717) is 90.7 Å². The number of nitrogens with zero attached hydrogens (tertiary/aromatic N) is 7. The van der Waals surface area contributed by atoms with Crippen molar-refractivity contribution in [3.05, 3.63) is 120 Å². The Morgan fingerprint density at radius 2 is 1.20 bits per heavy atom. The van der Waals surface area contributed by atoms with Crippen molar-refractivity contribution in [2.75, 3.05) is 96.9 Å². The van der Waals surface area contributed by atoms with Gasteiger partial charge < -0.3 is 49.3 Å². The van der Waals surface area contributed by atoms with Gasteiger partial charge in [-0.25, -0.2) is 14.8 Å². The first-order valence-electron chi connectivity index (χ1n) is 26.9. The standard InChI is InChI=1S/C29H30F3N5O4.C16H14F3N3.C12H18N2O3/c30-29(31,32)20-6-3-5-19(17-20)22-10-11-23-27(33-22)37(21-12-13-36(23)18-21)28(38)35-24-7-4-8-25(34-24)39-15-16-41-26-9-1-2-14-40-26;17-16(18,19)11-3-1-2-10(8-11)13-4-5-14-15(21-13)20-12-6-7-22(14)9-12;13-10-4-3-5-11(14-10)15-8-9-17-12-6-1-2-7-16-12/h3-8,10-11,17,21,26H,1-2,9,12-16,18H2,(H,34,35,38);1-5,8,12H,6-7,9H2,(H,20,21);3-5,12H,1-2,6-9H2,(H2,13,14)/t21-,26?;12-;/m00./s1. The van der Waals surface area contributed by atoms with Crippen LogP contribution in [0.1, 0.15) is 62.5 Å². The molecule has 424 valence electrons. The van der Waals surface area contributed by atoms with Crippen LogP contribution in [0.25, 0.3) is 22.5 Å². The van der Waals surface area contributed by atoms with Crippen LogP contribution in [0.5, 0.6) is 11.8 Å². The maximum absolute atomic E-state index is 13.6. The van der Waals surface area contributed by atoms with Crippen LogP contribution >= 0.6 is 0 Å². The summed E-state index contributed by atoms with van der Waals surface area (Å²) in [6.45, 7) is 6.45. The van der Waals surface area contributed by atoms with Crippen LogP contribution < -0.4 is 40.5 Å². The van der Waals surface area contributed by atoms with Crippen molar-refractivity contribution in [3.63, 3.8) is 0 Å². The quantitative estimate of drug-likeness (QED) is 0.0733. The molecule has 4 saturated heterocycles. The van der Waals surface area contributed by atoms with E-state index in [0.717, 1.165) is 113 Å². The number of rotatable bonds is 13. The topological polar surface area (TPSA) is 184 Å². The molecule has 10 heterocycles. The lowest BCUT2D eigenvalue weighted by atomic mass is 10.1. The maximum Gasteiger partial charge on any atom is 0.416 e. The van der Waals surface area contributed by atoms with E-state index in [-0.39, 0.29) is 25.2 Å². The number of nitrogens with one attached hydrogen (secondary N) is 2. The molecule has 2 unspecified atom stereocenters. The average molecular weight is 1110 g/mol. The van der Waals surface area contributed by atoms with E-state index in [4.69, 9.17) is 34.2 Å². The van der Waals surface area contributed by atoms with Gasteiger partial charge in [-0.1, -0.05) is 36.4 Å². The number of carbonyl (C=O) groups excluding carboxylic acids is 1. The third-order valence-corrected chi connectivity index (χ3v) is 14.1. The lowest BCUT2D eigenvalue weighted by Crippen LogP contribution is -2.48. The highest BCUT2D eigenvalue weighted by molar-refractivity contribution is 6.04. The van der Waals surface area contributed by atoms with Gasteiger partial charge in [0.05, 0.1) is 53.1 Å². The number of fused-ring (bicyclic) bond motifs is 8. The molecule has 0 radical (unpaired) electrons. The Morgan fingerprint density at radius 1 is 0.625 bits per heavy atom. The summed E-state index contributed by atoms with van der Waals surface area (Å²) in [5.41, 5.74) is 7.63. The molecule has 6 aromatic rings. The molecular weight excluding hydrogens is 1050 g/mol. The molecule has 12 rings (SSSR count). The molecule has 4 atom stereocenters. The van der Waals surface area contributed by atoms with Crippen molar-refractivity contribution in [2.24, 2.45) is 0 Å². The number of alkyl halides is 6. The summed E-state index contributed by atoms with van der Waals surface area (Å²) in [5.74, 6) is 2.80. The molecular formula is C57H62F6N10O7. The Balaban J connectivity index is 0.000000153. The summed E-state index contributed by atoms with van der Waals surface area (Å²) in [7, 11) is 0. The van der Waals surface area contributed by atoms with Crippen molar-refractivity contribution < 1.29 is 59.6 Å². The van der Waals surface area contributed by atoms with Gasteiger partial charge in [0.25, 0.3) is 0 Å². The van der Waals surface area contributed by atoms with E-state index in [1.807, 2.05) is 18.2 Å². The average Bonchev–Trinajstić information content (AvgIpc) is 4.26. The molecule has 80 heavy (non-hydrogen) atoms. The van der Waals surface area contributed by atoms with Gasteiger partial charge in [0.15, 0.2) is 24.2 Å². The monoisotopic (exact) mass is 1110 g/mol. The molecule has 0 spiro atoms. The molecule has 23 heteroatoms. The minimum Gasteiger partial charge on any atom is -0.475 e. The number of amides is 2. The second-order valence-electron chi connectivity index (χ2n) is 19.8. The number of carbonyl (C=O) groups is 1. The number of urea groups is 1. The predicted octanol–water partition coefficient (Wildman–Crippen LogP) is 11.1. The van der Waals surface area contributed by atoms with Crippen LogP contribution in [0.2, 0.25) is 0 Å². The molecule has 4 fully saturated rings. The van der Waals surface area contributed by atoms with Gasteiger partial charge in [0, 0.05) is 68.7 Å². The van der Waals surface area contributed by atoms with E-state index >= 15 is 0 Å². The maximum atomic E-state index is 13.6. The molecule has 0 aliphatic carbocycles. The zero-order valence-corrected chi connectivity index (χ0v) is 43.8. The number of hydrogen-bond acceptors (Lipinski definition) is 15.